The summed E-state index contributed by atoms with van der Waals surface area (Å²) in [6.45, 7) is 4.31. The Morgan fingerprint density at radius 3 is 2.50 bits per heavy atom. The summed E-state index contributed by atoms with van der Waals surface area (Å²) in [5, 5.41) is 14.0. The third-order valence-electron chi connectivity index (χ3n) is 2.26. The molecule has 0 saturated carbocycles. The van der Waals surface area contributed by atoms with Crippen LogP contribution in [0.25, 0.3) is 0 Å². The highest BCUT2D eigenvalue weighted by Gasteiger charge is 2.06. The van der Waals surface area contributed by atoms with Gasteiger partial charge in [-0.1, -0.05) is 6.92 Å². The van der Waals surface area contributed by atoms with Crippen LogP contribution in [0, 0.1) is 0 Å². The molecule has 0 aromatic rings. The van der Waals surface area contributed by atoms with E-state index in [2.05, 4.69) is 10.6 Å². The molecule has 0 heterocycles. The summed E-state index contributed by atoms with van der Waals surface area (Å²) < 4.78 is 0. The number of aliphatic hydroxyl groups excluding tert-OH is 1. The number of hydrogen-bond donors (Lipinski definition) is 3. The first-order valence-corrected chi connectivity index (χ1v) is 5.77. The van der Waals surface area contributed by atoms with Crippen LogP contribution >= 0.6 is 0 Å². The predicted molar refractivity (Wildman–Crippen MR) is 61.8 cm³/mol. The van der Waals surface area contributed by atoms with Gasteiger partial charge in [-0.15, -0.1) is 0 Å². The highest BCUT2D eigenvalue weighted by Crippen LogP contribution is 1.90. The van der Waals surface area contributed by atoms with Crippen molar-refractivity contribution in [3.05, 3.63) is 0 Å². The van der Waals surface area contributed by atoms with Crippen molar-refractivity contribution in [3.63, 3.8) is 0 Å². The molecule has 2 amide bonds. The summed E-state index contributed by atoms with van der Waals surface area (Å²) in [5.74, 6) is -0.165. The zero-order valence-electron chi connectivity index (χ0n) is 10.1. The number of rotatable bonds is 8. The van der Waals surface area contributed by atoms with Gasteiger partial charge in [-0.2, -0.15) is 0 Å². The first-order chi connectivity index (χ1) is 7.60. The molecule has 5 heteroatoms. The zero-order chi connectivity index (χ0) is 12.4. The van der Waals surface area contributed by atoms with Crippen molar-refractivity contribution in [1.29, 1.82) is 0 Å². The molecule has 0 aromatic carbocycles. The molecule has 5 nitrogen and oxygen atoms in total. The number of aliphatic hydroxyl groups is 1. The van der Waals surface area contributed by atoms with Crippen molar-refractivity contribution < 1.29 is 14.7 Å². The van der Waals surface area contributed by atoms with Crippen LogP contribution in [0.2, 0.25) is 0 Å². The van der Waals surface area contributed by atoms with E-state index in [4.69, 9.17) is 5.11 Å². The maximum atomic E-state index is 11.3. The molecule has 1 unspecified atom stereocenters. The molecule has 0 radical (unpaired) electrons. The molecular weight excluding hydrogens is 208 g/mol. The summed E-state index contributed by atoms with van der Waals surface area (Å²) in [7, 11) is 0. The quantitative estimate of drug-likeness (QED) is 0.556. The molecule has 0 fully saturated rings. The van der Waals surface area contributed by atoms with Gasteiger partial charge in [-0.3, -0.25) is 9.59 Å². The van der Waals surface area contributed by atoms with Gasteiger partial charge >= 0.3 is 0 Å². The second-order valence-corrected chi connectivity index (χ2v) is 3.80. The minimum Gasteiger partial charge on any atom is -0.396 e. The normalized spacial score (nSPS) is 11.9. The van der Waals surface area contributed by atoms with Crippen LogP contribution in [0.3, 0.4) is 0 Å². The van der Waals surface area contributed by atoms with Crippen molar-refractivity contribution in [3.8, 4) is 0 Å². The smallest absolute Gasteiger partial charge is 0.221 e. The van der Waals surface area contributed by atoms with Gasteiger partial charge in [-0.25, -0.2) is 0 Å². The van der Waals surface area contributed by atoms with Crippen molar-refractivity contribution in [2.24, 2.45) is 0 Å². The lowest BCUT2D eigenvalue weighted by molar-refractivity contribution is -0.122. The molecule has 0 saturated heterocycles. The summed E-state index contributed by atoms with van der Waals surface area (Å²) in [4.78, 5) is 22.4. The van der Waals surface area contributed by atoms with Gasteiger partial charge in [0.15, 0.2) is 0 Å². The molecule has 3 N–H and O–H groups in total. The number of carbonyl (C=O) groups excluding carboxylic acids is 2. The van der Waals surface area contributed by atoms with Crippen LogP contribution in [-0.4, -0.2) is 36.1 Å². The van der Waals surface area contributed by atoms with Crippen molar-refractivity contribution in [2.75, 3.05) is 13.2 Å². The zero-order valence-corrected chi connectivity index (χ0v) is 10.1. The molecule has 0 rings (SSSR count). The van der Waals surface area contributed by atoms with Crippen molar-refractivity contribution >= 4 is 11.8 Å². The van der Waals surface area contributed by atoms with Crippen LogP contribution in [0.1, 0.15) is 39.5 Å². The van der Waals surface area contributed by atoms with E-state index in [0.717, 1.165) is 6.42 Å². The molecule has 0 aliphatic carbocycles. The van der Waals surface area contributed by atoms with Gasteiger partial charge in [0.25, 0.3) is 0 Å². The Hall–Kier alpha value is -1.10. The molecule has 1 atom stereocenters. The van der Waals surface area contributed by atoms with E-state index in [1.54, 1.807) is 0 Å². The Kier molecular flexibility index (Phi) is 8.52. The Morgan fingerprint density at radius 1 is 1.25 bits per heavy atom. The third kappa shape index (κ3) is 8.23. The molecule has 0 bridgehead atoms. The first-order valence-electron chi connectivity index (χ1n) is 5.77. The monoisotopic (exact) mass is 230 g/mol. The summed E-state index contributed by atoms with van der Waals surface area (Å²) in [6, 6.07) is 0.178. The van der Waals surface area contributed by atoms with E-state index in [1.807, 2.05) is 13.8 Å². The number of hydrogen-bond acceptors (Lipinski definition) is 3. The molecule has 16 heavy (non-hydrogen) atoms. The fourth-order valence-electron chi connectivity index (χ4n) is 1.09. The van der Waals surface area contributed by atoms with E-state index in [1.165, 1.54) is 0 Å². The lowest BCUT2D eigenvalue weighted by Gasteiger charge is -2.11. The molecule has 0 aliphatic rings. The van der Waals surface area contributed by atoms with E-state index in [0.29, 0.717) is 25.8 Å². The third-order valence-corrected chi connectivity index (χ3v) is 2.26. The number of nitrogens with one attached hydrogen (secondary N) is 2. The maximum Gasteiger partial charge on any atom is 0.221 e. The Balaban J connectivity index is 3.50. The van der Waals surface area contributed by atoms with Gasteiger partial charge in [-0.05, 0) is 19.8 Å². The fourth-order valence-corrected chi connectivity index (χ4v) is 1.09. The maximum absolute atomic E-state index is 11.3. The summed E-state index contributed by atoms with van der Waals surface area (Å²) in [5.41, 5.74) is 0. The average molecular weight is 230 g/mol. The Bertz CT molecular complexity index is 219. The lowest BCUT2D eigenvalue weighted by Crippen LogP contribution is -2.35. The Labute approximate surface area is 96.6 Å². The minimum absolute atomic E-state index is 0.0158. The van der Waals surface area contributed by atoms with Crippen LogP contribution in [0.4, 0.5) is 0 Å². The predicted octanol–water partition coefficient (Wildman–Crippen LogP) is 0.180. The topological polar surface area (TPSA) is 78.4 Å². The lowest BCUT2D eigenvalue weighted by atomic mass is 10.2. The van der Waals surface area contributed by atoms with Gasteiger partial charge in [0.2, 0.25) is 11.8 Å². The van der Waals surface area contributed by atoms with Gasteiger partial charge in [0.1, 0.15) is 0 Å². The van der Waals surface area contributed by atoms with Crippen LogP contribution in [-0.2, 0) is 9.59 Å². The average Bonchev–Trinajstić information content (AvgIpc) is 2.26. The van der Waals surface area contributed by atoms with E-state index >= 15 is 0 Å². The number of carbonyl (C=O) groups is 2. The van der Waals surface area contributed by atoms with E-state index < -0.39 is 0 Å². The standard InChI is InChI=1S/C11H22N2O3/c1-3-9(2)13-11(16)6-7-12-10(15)5-4-8-14/h9,14H,3-8H2,1-2H3,(H,12,15)(H,13,16). The van der Waals surface area contributed by atoms with Crippen molar-refractivity contribution in [1.82, 2.24) is 10.6 Å². The largest absolute Gasteiger partial charge is 0.396 e. The minimum atomic E-state index is -0.120. The first kappa shape index (κ1) is 14.9. The second-order valence-electron chi connectivity index (χ2n) is 3.80. The highest BCUT2D eigenvalue weighted by atomic mass is 16.3. The molecule has 0 aliphatic heterocycles. The second kappa shape index (κ2) is 9.15. The molecular formula is C11H22N2O3. The van der Waals surface area contributed by atoms with Crippen LogP contribution in [0.5, 0.6) is 0 Å². The van der Waals surface area contributed by atoms with E-state index in [9.17, 15) is 9.59 Å². The highest BCUT2D eigenvalue weighted by molar-refractivity contribution is 5.79. The molecule has 0 aromatic heterocycles. The van der Waals surface area contributed by atoms with Gasteiger partial charge in [0, 0.05) is 32.0 Å². The van der Waals surface area contributed by atoms with Crippen LogP contribution < -0.4 is 10.6 Å². The van der Waals surface area contributed by atoms with Crippen LogP contribution in [0.15, 0.2) is 0 Å². The van der Waals surface area contributed by atoms with Gasteiger partial charge in [0.05, 0.1) is 0 Å². The number of amides is 2. The fraction of sp³-hybridized carbons (Fsp3) is 0.818. The summed E-state index contributed by atoms with van der Waals surface area (Å²) >= 11 is 0. The van der Waals surface area contributed by atoms with Crippen molar-refractivity contribution in [2.45, 2.75) is 45.6 Å². The molecule has 0 spiro atoms. The Morgan fingerprint density at radius 2 is 1.94 bits per heavy atom. The SMILES string of the molecule is CCC(C)NC(=O)CCNC(=O)CCCO. The van der Waals surface area contributed by atoms with Gasteiger partial charge < -0.3 is 15.7 Å². The molecule has 94 valence electrons. The summed E-state index contributed by atoms with van der Waals surface area (Å²) in [6.07, 6.45) is 1.97. The van der Waals surface area contributed by atoms with E-state index in [-0.39, 0.29) is 24.5 Å².